The first-order valence-corrected chi connectivity index (χ1v) is 9.37. The highest BCUT2D eigenvalue weighted by molar-refractivity contribution is 5.80. The number of halogens is 1. The third-order valence-corrected chi connectivity index (χ3v) is 4.82. The van der Waals surface area contributed by atoms with Gasteiger partial charge < -0.3 is 10.3 Å². The molecule has 28 heavy (non-hydrogen) atoms. The Morgan fingerprint density at radius 3 is 2.50 bits per heavy atom. The number of hydrogen-bond donors (Lipinski definition) is 2. The van der Waals surface area contributed by atoms with E-state index in [1.807, 2.05) is 25.4 Å². The summed E-state index contributed by atoms with van der Waals surface area (Å²) in [5.74, 6) is 0.0947. The Labute approximate surface area is 163 Å². The van der Waals surface area contributed by atoms with Crippen LogP contribution in [-0.2, 0) is 13.0 Å². The summed E-state index contributed by atoms with van der Waals surface area (Å²) in [4.78, 5) is 11.6. The van der Waals surface area contributed by atoms with Crippen molar-refractivity contribution in [3.8, 4) is 0 Å². The molecule has 3 heterocycles. The summed E-state index contributed by atoms with van der Waals surface area (Å²) in [7, 11) is 0. The van der Waals surface area contributed by atoms with Crippen LogP contribution >= 0.6 is 0 Å². The van der Waals surface area contributed by atoms with Gasteiger partial charge in [-0.05, 0) is 49.6 Å². The molecule has 0 fully saturated rings. The summed E-state index contributed by atoms with van der Waals surface area (Å²) in [5.41, 5.74) is 7.08. The Morgan fingerprint density at radius 2 is 1.75 bits per heavy atom. The van der Waals surface area contributed by atoms with Crippen molar-refractivity contribution in [1.82, 2.24) is 15.0 Å². The number of pyridine rings is 2. The monoisotopic (exact) mass is 374 g/mol. The maximum Gasteiger partial charge on any atom is 0.218 e. The third-order valence-electron chi connectivity index (χ3n) is 4.82. The number of benzene rings is 1. The minimum Gasteiger partial charge on any atom is -0.366 e. The summed E-state index contributed by atoms with van der Waals surface area (Å²) in [6.07, 6.45) is 4.19. The largest absolute Gasteiger partial charge is 0.366 e. The molecule has 0 amide bonds. The lowest BCUT2D eigenvalue weighted by atomic mass is 10.1. The van der Waals surface area contributed by atoms with Gasteiger partial charge in [0.1, 0.15) is 11.5 Å². The van der Waals surface area contributed by atoms with Crippen LogP contribution in [0.3, 0.4) is 0 Å². The van der Waals surface area contributed by atoms with Crippen molar-refractivity contribution in [2.24, 2.45) is 0 Å². The maximum atomic E-state index is 14.6. The SMILES string of the molecule is Cc1cc(C)cc(CNc2ccc(Cc3c[nH]c4ncc(C)cc34)c(F)n2)c1. The van der Waals surface area contributed by atoms with Crippen LogP contribution in [0.15, 0.2) is 48.8 Å². The Morgan fingerprint density at radius 1 is 0.964 bits per heavy atom. The van der Waals surface area contributed by atoms with E-state index in [4.69, 9.17) is 0 Å². The number of hydrogen-bond acceptors (Lipinski definition) is 3. The smallest absolute Gasteiger partial charge is 0.218 e. The number of nitrogens with zero attached hydrogens (tertiary/aromatic N) is 2. The highest BCUT2D eigenvalue weighted by Crippen LogP contribution is 2.22. The first-order chi connectivity index (χ1) is 13.5. The van der Waals surface area contributed by atoms with Crippen LogP contribution in [0.1, 0.15) is 33.4 Å². The molecule has 5 heteroatoms. The molecule has 0 aliphatic rings. The van der Waals surface area contributed by atoms with Crippen LogP contribution in [0.2, 0.25) is 0 Å². The first-order valence-electron chi connectivity index (χ1n) is 9.37. The third kappa shape index (κ3) is 3.88. The number of rotatable bonds is 5. The van der Waals surface area contributed by atoms with Crippen molar-refractivity contribution < 1.29 is 4.39 Å². The van der Waals surface area contributed by atoms with Gasteiger partial charge in [-0.3, -0.25) is 0 Å². The van der Waals surface area contributed by atoms with E-state index in [0.717, 1.165) is 27.7 Å². The summed E-state index contributed by atoms with van der Waals surface area (Å²) in [6, 6.07) is 12.1. The number of aromatic amines is 1. The van der Waals surface area contributed by atoms with Crippen molar-refractivity contribution in [1.29, 1.82) is 0 Å². The lowest BCUT2D eigenvalue weighted by Crippen LogP contribution is -2.04. The molecule has 0 radical (unpaired) electrons. The minimum absolute atomic E-state index is 0.444. The summed E-state index contributed by atoms with van der Waals surface area (Å²) in [6.45, 7) is 6.76. The van der Waals surface area contributed by atoms with Crippen molar-refractivity contribution in [2.75, 3.05) is 5.32 Å². The average molecular weight is 374 g/mol. The maximum absolute atomic E-state index is 14.6. The van der Waals surface area contributed by atoms with Crippen LogP contribution < -0.4 is 5.32 Å². The predicted octanol–water partition coefficient (Wildman–Crippen LogP) is 5.23. The molecular weight excluding hydrogens is 351 g/mol. The van der Waals surface area contributed by atoms with Gasteiger partial charge in [0.25, 0.3) is 0 Å². The molecule has 3 aromatic heterocycles. The number of H-pyrrole nitrogens is 1. The molecule has 2 N–H and O–H groups in total. The number of aryl methyl sites for hydroxylation is 3. The highest BCUT2D eigenvalue weighted by Gasteiger charge is 2.11. The fraction of sp³-hybridized carbons (Fsp3) is 0.217. The van der Waals surface area contributed by atoms with Crippen molar-refractivity contribution in [3.05, 3.63) is 88.1 Å². The fourth-order valence-corrected chi connectivity index (χ4v) is 3.57. The van der Waals surface area contributed by atoms with Gasteiger partial charge in [-0.15, -0.1) is 0 Å². The van der Waals surface area contributed by atoms with Gasteiger partial charge in [-0.25, -0.2) is 9.97 Å². The molecule has 0 atom stereocenters. The van der Waals surface area contributed by atoms with E-state index in [-0.39, 0.29) is 0 Å². The molecule has 0 unspecified atom stereocenters. The Bertz CT molecular complexity index is 1130. The lowest BCUT2D eigenvalue weighted by molar-refractivity contribution is 0.571. The molecule has 4 nitrogen and oxygen atoms in total. The van der Waals surface area contributed by atoms with Gasteiger partial charge in [0.15, 0.2) is 0 Å². The molecule has 0 spiro atoms. The van der Waals surface area contributed by atoms with E-state index in [9.17, 15) is 4.39 Å². The van der Waals surface area contributed by atoms with E-state index in [1.165, 1.54) is 11.1 Å². The molecule has 0 aliphatic heterocycles. The Hall–Kier alpha value is -3.21. The molecular formula is C23H23FN4. The molecule has 142 valence electrons. The zero-order valence-electron chi connectivity index (χ0n) is 16.3. The van der Waals surface area contributed by atoms with Crippen LogP contribution in [0.25, 0.3) is 11.0 Å². The number of aromatic nitrogens is 3. The Kier molecular flexibility index (Phi) is 4.82. The van der Waals surface area contributed by atoms with Crippen LogP contribution in [0.5, 0.6) is 0 Å². The molecule has 0 bridgehead atoms. The standard InChI is InChI=1S/C23H23FN4/c1-14-6-15(2)8-17(7-14)12-25-21-5-4-18(22(24)28-21)10-19-13-27-23-20(19)9-16(3)11-26-23/h4-9,11,13H,10,12H2,1-3H3,(H,25,28)(H,26,27). The number of fused-ring (bicyclic) bond motifs is 1. The van der Waals surface area contributed by atoms with Crippen molar-refractivity contribution >= 4 is 16.9 Å². The number of anilines is 1. The van der Waals surface area contributed by atoms with Gasteiger partial charge in [0, 0.05) is 36.3 Å². The second-order valence-corrected chi connectivity index (χ2v) is 7.40. The second-order valence-electron chi connectivity index (χ2n) is 7.40. The van der Waals surface area contributed by atoms with E-state index in [0.29, 0.717) is 24.3 Å². The first kappa shape index (κ1) is 18.2. The van der Waals surface area contributed by atoms with Crippen LogP contribution in [-0.4, -0.2) is 15.0 Å². The zero-order chi connectivity index (χ0) is 19.7. The lowest BCUT2D eigenvalue weighted by Gasteiger charge is -2.09. The van der Waals surface area contributed by atoms with E-state index in [2.05, 4.69) is 58.4 Å². The average Bonchev–Trinajstić information content (AvgIpc) is 3.03. The fourth-order valence-electron chi connectivity index (χ4n) is 3.57. The van der Waals surface area contributed by atoms with Crippen molar-refractivity contribution in [3.63, 3.8) is 0 Å². The van der Waals surface area contributed by atoms with Gasteiger partial charge in [-0.1, -0.05) is 35.4 Å². The van der Waals surface area contributed by atoms with Gasteiger partial charge >= 0.3 is 0 Å². The number of nitrogens with one attached hydrogen (secondary N) is 2. The molecule has 1 aromatic carbocycles. The molecule has 4 rings (SSSR count). The van der Waals surface area contributed by atoms with E-state index >= 15 is 0 Å². The summed E-state index contributed by atoms with van der Waals surface area (Å²) < 4.78 is 14.6. The van der Waals surface area contributed by atoms with Gasteiger partial charge in [0.05, 0.1) is 0 Å². The zero-order valence-corrected chi connectivity index (χ0v) is 16.3. The topological polar surface area (TPSA) is 53.6 Å². The summed E-state index contributed by atoms with van der Waals surface area (Å²) >= 11 is 0. The molecule has 4 aromatic rings. The second kappa shape index (κ2) is 7.43. The molecule has 0 aliphatic carbocycles. The normalized spacial score (nSPS) is 11.1. The van der Waals surface area contributed by atoms with Crippen molar-refractivity contribution in [2.45, 2.75) is 33.7 Å². The molecule has 0 saturated carbocycles. The minimum atomic E-state index is -0.444. The van der Waals surface area contributed by atoms with E-state index in [1.54, 1.807) is 6.07 Å². The Balaban J connectivity index is 1.50. The van der Waals surface area contributed by atoms with Gasteiger partial charge in [0.2, 0.25) is 5.95 Å². The van der Waals surface area contributed by atoms with E-state index < -0.39 is 5.95 Å². The van der Waals surface area contributed by atoms with Crippen LogP contribution in [0, 0.1) is 26.7 Å². The highest BCUT2D eigenvalue weighted by atomic mass is 19.1. The molecule has 0 saturated heterocycles. The quantitative estimate of drug-likeness (QED) is 0.471. The summed E-state index contributed by atoms with van der Waals surface area (Å²) in [5, 5.41) is 4.24. The predicted molar refractivity (Wildman–Crippen MR) is 111 cm³/mol. The van der Waals surface area contributed by atoms with Crippen LogP contribution in [0.4, 0.5) is 10.2 Å². The van der Waals surface area contributed by atoms with Gasteiger partial charge in [-0.2, -0.15) is 4.39 Å².